The minimum absolute atomic E-state index is 0.0734. The molecule has 8 N–H and O–H groups in total. The molecule has 264 valence electrons. The Bertz CT molecular complexity index is 1340. The smallest absolute Gasteiger partial charge is 0.326 e. The SMILES string of the molecule is NCCCC[C@H](NC(=O)CCC(=O)[C@H](Cc1ccccc1)NC(=O)CCC(=O)[C@H](CCCCN)NC(=O)c1cn(CC[18F])nn1)C(=O)O. The van der Waals surface area contributed by atoms with Gasteiger partial charge in [0.05, 0.1) is 24.8 Å². The number of alkyl halides is 1. The molecule has 0 unspecified atom stereocenters. The molecule has 3 amide bonds. The van der Waals surface area contributed by atoms with Gasteiger partial charge in [-0.2, -0.15) is 0 Å². The molecular formula is C32H47FN8O7. The van der Waals surface area contributed by atoms with E-state index in [0.717, 1.165) is 5.56 Å². The number of amides is 3. The highest BCUT2D eigenvalue weighted by molar-refractivity contribution is 5.97. The van der Waals surface area contributed by atoms with Crippen LogP contribution in [0.25, 0.3) is 0 Å². The molecule has 0 fully saturated rings. The minimum Gasteiger partial charge on any atom is -0.480 e. The topological polar surface area (TPSA) is 241 Å². The van der Waals surface area contributed by atoms with Gasteiger partial charge in [-0.15, -0.1) is 5.10 Å². The number of hydrogen-bond acceptors (Lipinski definition) is 10. The third kappa shape index (κ3) is 14.9. The number of benzene rings is 1. The van der Waals surface area contributed by atoms with Crippen molar-refractivity contribution >= 4 is 35.3 Å². The van der Waals surface area contributed by atoms with Gasteiger partial charge in [0.2, 0.25) is 11.8 Å². The Balaban J connectivity index is 2.02. The first-order chi connectivity index (χ1) is 23.1. The highest BCUT2D eigenvalue weighted by Gasteiger charge is 2.26. The molecule has 2 aromatic rings. The Hall–Kier alpha value is -4.57. The number of ketones is 2. The Morgan fingerprint density at radius 3 is 1.90 bits per heavy atom. The minimum atomic E-state index is -1.18. The first-order valence-corrected chi connectivity index (χ1v) is 16.2. The van der Waals surface area contributed by atoms with Crippen LogP contribution in [-0.4, -0.2) is 93.2 Å². The van der Waals surface area contributed by atoms with Gasteiger partial charge in [-0.25, -0.2) is 13.9 Å². The quantitative estimate of drug-likeness (QED) is 0.0797. The van der Waals surface area contributed by atoms with Crippen molar-refractivity contribution in [2.45, 2.75) is 95.3 Å². The molecule has 0 saturated heterocycles. The number of carboxylic acids is 1. The Kier molecular flexibility index (Phi) is 18.2. The second kappa shape index (κ2) is 22.1. The van der Waals surface area contributed by atoms with Gasteiger partial charge < -0.3 is 32.5 Å². The zero-order valence-corrected chi connectivity index (χ0v) is 27.1. The lowest BCUT2D eigenvalue weighted by Gasteiger charge is -2.20. The van der Waals surface area contributed by atoms with Crippen molar-refractivity contribution in [2.24, 2.45) is 11.5 Å². The summed E-state index contributed by atoms with van der Waals surface area (Å²) in [5.74, 6) is -3.87. The van der Waals surface area contributed by atoms with Crippen LogP contribution in [0.15, 0.2) is 36.5 Å². The molecule has 1 aromatic carbocycles. The summed E-state index contributed by atoms with van der Waals surface area (Å²) in [5, 5.41) is 24.5. The molecule has 0 saturated carbocycles. The first kappa shape index (κ1) is 39.6. The summed E-state index contributed by atoms with van der Waals surface area (Å²) in [7, 11) is 0. The molecular weight excluding hydrogens is 626 g/mol. The van der Waals surface area contributed by atoms with E-state index in [0.29, 0.717) is 38.8 Å². The molecule has 15 nitrogen and oxygen atoms in total. The molecule has 0 bridgehead atoms. The number of aliphatic carboxylic acids is 1. The van der Waals surface area contributed by atoms with Crippen molar-refractivity contribution in [3.05, 3.63) is 47.8 Å². The number of aryl methyl sites for hydroxylation is 1. The third-order valence-corrected chi connectivity index (χ3v) is 7.51. The molecule has 48 heavy (non-hydrogen) atoms. The van der Waals surface area contributed by atoms with E-state index in [1.165, 1.54) is 10.9 Å². The summed E-state index contributed by atoms with van der Waals surface area (Å²) in [5.41, 5.74) is 11.7. The van der Waals surface area contributed by atoms with Crippen molar-refractivity contribution in [1.29, 1.82) is 0 Å². The van der Waals surface area contributed by atoms with Gasteiger partial charge in [-0.1, -0.05) is 35.5 Å². The predicted molar refractivity (Wildman–Crippen MR) is 173 cm³/mol. The van der Waals surface area contributed by atoms with Crippen molar-refractivity contribution in [3.63, 3.8) is 0 Å². The maximum atomic E-state index is 13.2. The highest BCUT2D eigenvalue weighted by Crippen LogP contribution is 2.11. The van der Waals surface area contributed by atoms with E-state index >= 15 is 0 Å². The van der Waals surface area contributed by atoms with Crippen LogP contribution < -0.4 is 27.4 Å². The number of rotatable bonds is 25. The van der Waals surface area contributed by atoms with Crippen molar-refractivity contribution in [1.82, 2.24) is 30.9 Å². The summed E-state index contributed by atoms with van der Waals surface area (Å²) in [4.78, 5) is 76.1. The number of Topliss-reactive ketones (excluding diaryl/α,β-unsaturated/α-hetero) is 2. The Morgan fingerprint density at radius 1 is 0.771 bits per heavy atom. The lowest BCUT2D eigenvalue weighted by Crippen LogP contribution is -2.44. The van der Waals surface area contributed by atoms with Crippen molar-refractivity contribution < 1.29 is 38.3 Å². The molecule has 1 aromatic heterocycles. The number of carbonyl (C=O) groups excluding carboxylic acids is 5. The van der Waals surface area contributed by atoms with E-state index in [9.17, 15) is 38.3 Å². The molecule has 2 rings (SSSR count). The summed E-state index contributed by atoms with van der Waals surface area (Å²) in [6.07, 6.45) is 3.14. The van der Waals surface area contributed by atoms with E-state index in [2.05, 4.69) is 26.3 Å². The van der Waals surface area contributed by atoms with E-state index in [1.54, 1.807) is 30.3 Å². The van der Waals surface area contributed by atoms with Crippen molar-refractivity contribution in [2.75, 3.05) is 19.8 Å². The average Bonchev–Trinajstić information content (AvgIpc) is 3.54. The van der Waals surface area contributed by atoms with Gasteiger partial charge in [0.1, 0.15) is 12.7 Å². The molecule has 0 aliphatic rings. The summed E-state index contributed by atoms with van der Waals surface area (Å²) in [6.45, 7) is 0.0268. The lowest BCUT2D eigenvalue weighted by molar-refractivity contribution is -0.142. The van der Waals surface area contributed by atoms with Gasteiger partial charge >= 0.3 is 5.97 Å². The van der Waals surface area contributed by atoms with Crippen LogP contribution in [0.1, 0.15) is 80.3 Å². The zero-order valence-electron chi connectivity index (χ0n) is 27.1. The number of carbonyl (C=O) groups is 6. The van der Waals surface area contributed by atoms with E-state index in [4.69, 9.17) is 11.5 Å². The Morgan fingerprint density at radius 2 is 1.33 bits per heavy atom. The largest absolute Gasteiger partial charge is 0.480 e. The number of nitrogens with one attached hydrogen (secondary N) is 3. The van der Waals surface area contributed by atoms with Gasteiger partial charge in [0.25, 0.3) is 5.91 Å². The Labute approximate surface area is 278 Å². The summed E-state index contributed by atoms with van der Waals surface area (Å²) in [6, 6.07) is 5.89. The van der Waals surface area contributed by atoms with Crippen LogP contribution in [0, 0.1) is 0 Å². The molecule has 0 radical (unpaired) electrons. The van der Waals surface area contributed by atoms with E-state index in [1.807, 2.05) is 0 Å². The summed E-state index contributed by atoms with van der Waals surface area (Å²) < 4.78 is 13.8. The van der Waals surface area contributed by atoms with Crippen LogP contribution in [0.4, 0.5) is 4.39 Å². The van der Waals surface area contributed by atoms with E-state index in [-0.39, 0.29) is 57.2 Å². The van der Waals surface area contributed by atoms with Crippen molar-refractivity contribution in [3.8, 4) is 0 Å². The molecule has 0 aliphatic heterocycles. The van der Waals surface area contributed by atoms with Crippen LogP contribution in [0.5, 0.6) is 0 Å². The predicted octanol–water partition coefficient (Wildman–Crippen LogP) is 0.600. The molecule has 16 heteroatoms. The lowest BCUT2D eigenvalue weighted by atomic mass is 9.98. The van der Waals surface area contributed by atoms with E-state index < -0.39 is 60.1 Å². The maximum absolute atomic E-state index is 13.2. The fourth-order valence-corrected chi connectivity index (χ4v) is 4.84. The standard InChI is InChI=1S/C32H47FN8O7/c33-16-19-41-21-26(39-40-41)31(46)38-23(10-4-6-17-34)27(42)12-14-30(45)37-25(20-22-8-2-1-3-9-22)28(43)13-15-29(44)36-24(32(47)48)11-5-7-18-35/h1-3,8-9,21,23-25H,4-7,10-20,34-35H2,(H,36,44)(H,37,45)(H,38,46)(H,47,48)/t23-,24-,25-/m0/s1/i33-1. The number of halogens is 1. The number of hydrogen-bond donors (Lipinski definition) is 6. The highest BCUT2D eigenvalue weighted by atomic mass is 18.2. The first-order valence-electron chi connectivity index (χ1n) is 16.2. The maximum Gasteiger partial charge on any atom is 0.326 e. The zero-order chi connectivity index (χ0) is 35.3. The molecule has 0 aliphatic carbocycles. The molecule has 1 heterocycles. The van der Waals surface area contributed by atoms with Crippen LogP contribution in [0.2, 0.25) is 0 Å². The second-order valence-electron chi connectivity index (χ2n) is 11.4. The monoisotopic (exact) mass is 673 g/mol. The number of carboxylic acid groups (broad SMARTS) is 1. The normalized spacial score (nSPS) is 12.8. The fourth-order valence-electron chi connectivity index (χ4n) is 4.84. The number of unbranched alkanes of at least 4 members (excludes halogenated alkanes) is 2. The average molecular weight is 674 g/mol. The van der Waals surface area contributed by atoms with Gasteiger partial charge in [-0.3, -0.25) is 24.0 Å². The fraction of sp³-hybridized carbons (Fsp3) is 0.562. The van der Waals surface area contributed by atoms with Gasteiger partial charge in [0.15, 0.2) is 17.3 Å². The second-order valence-corrected chi connectivity index (χ2v) is 11.4. The van der Waals surface area contributed by atoms with Gasteiger partial charge in [-0.05, 0) is 63.6 Å². The number of aromatic nitrogens is 3. The molecule has 0 spiro atoms. The van der Waals surface area contributed by atoms with Crippen LogP contribution >= 0.6 is 0 Å². The number of nitrogens with zero attached hydrogens (tertiary/aromatic N) is 3. The van der Waals surface area contributed by atoms with Crippen LogP contribution in [0.3, 0.4) is 0 Å². The molecule has 3 atom stereocenters. The third-order valence-electron chi connectivity index (χ3n) is 7.51. The van der Waals surface area contributed by atoms with Gasteiger partial charge in [0, 0.05) is 25.7 Å². The summed E-state index contributed by atoms with van der Waals surface area (Å²) >= 11 is 0. The number of nitrogens with two attached hydrogens (primary N) is 2. The van der Waals surface area contributed by atoms with Crippen LogP contribution in [-0.2, 0) is 36.9 Å².